The van der Waals surface area contributed by atoms with Gasteiger partial charge in [-0.1, -0.05) is 6.58 Å². The average Bonchev–Trinajstić information content (AvgIpc) is 2.31. The number of hydrogen-bond acceptors (Lipinski definition) is 6. The van der Waals surface area contributed by atoms with E-state index in [0.29, 0.717) is 12.4 Å². The van der Waals surface area contributed by atoms with Gasteiger partial charge in [-0.3, -0.25) is 0 Å². The fourth-order valence-corrected chi connectivity index (χ4v) is 2.24. The highest BCUT2D eigenvalue weighted by atomic mass is 32.2. The highest BCUT2D eigenvalue weighted by Crippen LogP contribution is 2.15. The van der Waals surface area contributed by atoms with Crippen LogP contribution in [0.25, 0.3) is 0 Å². The van der Waals surface area contributed by atoms with Crippen LogP contribution < -0.4 is 0 Å². The van der Waals surface area contributed by atoms with Gasteiger partial charge in [-0.2, -0.15) is 11.8 Å². The molecular weight excluding hydrogens is 256 g/mol. The standard InChI is InChI=1S/C12H18O5S/c1-3-10(13)16-9(2)12(14)17-11-8-18-7-5-4-6-15-11/h3,9,11H,1,4-8H2,2H3. The molecule has 0 aromatic carbocycles. The maximum atomic E-state index is 11.6. The monoisotopic (exact) mass is 274 g/mol. The summed E-state index contributed by atoms with van der Waals surface area (Å²) in [5.74, 6) is 0.399. The lowest BCUT2D eigenvalue weighted by Gasteiger charge is -2.21. The predicted octanol–water partition coefficient (Wildman–Crippen LogP) is 1.52. The summed E-state index contributed by atoms with van der Waals surface area (Å²) in [5.41, 5.74) is 0. The molecule has 5 nitrogen and oxygen atoms in total. The van der Waals surface area contributed by atoms with Crippen molar-refractivity contribution in [2.24, 2.45) is 0 Å². The van der Waals surface area contributed by atoms with Crippen LogP contribution in [0.5, 0.6) is 0 Å². The molecule has 0 spiro atoms. The molecule has 1 aliphatic heterocycles. The fraction of sp³-hybridized carbons (Fsp3) is 0.667. The Hall–Kier alpha value is -1.01. The molecule has 0 amide bonds. The van der Waals surface area contributed by atoms with E-state index >= 15 is 0 Å². The summed E-state index contributed by atoms with van der Waals surface area (Å²) in [5, 5.41) is 0. The molecule has 0 aliphatic carbocycles. The molecule has 0 aromatic rings. The molecule has 1 saturated heterocycles. The van der Waals surface area contributed by atoms with Crippen LogP contribution in [0, 0.1) is 0 Å². The summed E-state index contributed by atoms with van der Waals surface area (Å²) in [6, 6.07) is 0. The minimum Gasteiger partial charge on any atom is -0.447 e. The Morgan fingerprint density at radius 3 is 3.00 bits per heavy atom. The van der Waals surface area contributed by atoms with Crippen LogP contribution >= 0.6 is 11.8 Å². The van der Waals surface area contributed by atoms with Crippen molar-refractivity contribution in [1.29, 1.82) is 0 Å². The summed E-state index contributed by atoms with van der Waals surface area (Å²) >= 11 is 1.68. The minimum absolute atomic E-state index is 0.562. The molecule has 1 heterocycles. The van der Waals surface area contributed by atoms with E-state index in [-0.39, 0.29) is 0 Å². The van der Waals surface area contributed by atoms with Crippen molar-refractivity contribution < 1.29 is 23.8 Å². The third-order valence-electron chi connectivity index (χ3n) is 2.28. The fourth-order valence-electron chi connectivity index (χ4n) is 1.31. The number of hydrogen-bond donors (Lipinski definition) is 0. The van der Waals surface area contributed by atoms with Crippen molar-refractivity contribution in [1.82, 2.24) is 0 Å². The summed E-state index contributed by atoms with van der Waals surface area (Å²) in [6.45, 7) is 5.30. The SMILES string of the molecule is C=CC(=O)OC(C)C(=O)OC1CSCCCCO1. The summed E-state index contributed by atoms with van der Waals surface area (Å²) in [4.78, 5) is 22.6. The van der Waals surface area contributed by atoms with E-state index < -0.39 is 24.3 Å². The van der Waals surface area contributed by atoms with Gasteiger partial charge in [0, 0.05) is 6.08 Å². The van der Waals surface area contributed by atoms with E-state index in [1.54, 1.807) is 11.8 Å². The van der Waals surface area contributed by atoms with Gasteiger partial charge in [0.05, 0.1) is 12.4 Å². The van der Waals surface area contributed by atoms with Gasteiger partial charge >= 0.3 is 11.9 Å². The van der Waals surface area contributed by atoms with Crippen molar-refractivity contribution >= 4 is 23.7 Å². The molecule has 2 atom stereocenters. The van der Waals surface area contributed by atoms with E-state index in [9.17, 15) is 9.59 Å². The van der Waals surface area contributed by atoms with Crippen molar-refractivity contribution in [2.75, 3.05) is 18.1 Å². The molecule has 1 aliphatic rings. The molecule has 0 aromatic heterocycles. The first kappa shape index (κ1) is 15.0. The molecule has 0 N–H and O–H groups in total. The largest absolute Gasteiger partial charge is 0.447 e. The van der Waals surface area contributed by atoms with Crippen LogP contribution in [0.3, 0.4) is 0 Å². The molecular formula is C12H18O5S. The second-order valence-corrected chi connectivity index (χ2v) is 4.95. The van der Waals surface area contributed by atoms with Gasteiger partial charge in [0.25, 0.3) is 0 Å². The van der Waals surface area contributed by atoms with Gasteiger partial charge in [-0.15, -0.1) is 0 Å². The molecule has 6 heteroatoms. The Labute approximate surface area is 111 Å². The zero-order valence-electron chi connectivity index (χ0n) is 10.4. The van der Waals surface area contributed by atoms with Gasteiger partial charge in [0.2, 0.25) is 6.29 Å². The molecule has 1 rings (SSSR count). The molecule has 1 fully saturated rings. The van der Waals surface area contributed by atoms with Crippen LogP contribution in [-0.2, 0) is 23.8 Å². The van der Waals surface area contributed by atoms with Crippen molar-refractivity contribution in [3.63, 3.8) is 0 Å². The van der Waals surface area contributed by atoms with Crippen LogP contribution in [0.4, 0.5) is 0 Å². The highest BCUT2D eigenvalue weighted by Gasteiger charge is 2.23. The second-order valence-electron chi connectivity index (χ2n) is 3.80. The van der Waals surface area contributed by atoms with Crippen molar-refractivity contribution in [3.8, 4) is 0 Å². The number of esters is 2. The third kappa shape index (κ3) is 5.55. The molecule has 2 unspecified atom stereocenters. The molecule has 0 saturated carbocycles. The van der Waals surface area contributed by atoms with E-state index in [4.69, 9.17) is 14.2 Å². The van der Waals surface area contributed by atoms with E-state index in [2.05, 4.69) is 6.58 Å². The zero-order chi connectivity index (χ0) is 13.4. The quantitative estimate of drug-likeness (QED) is 0.572. The topological polar surface area (TPSA) is 61.8 Å². The van der Waals surface area contributed by atoms with Gasteiger partial charge in [-0.05, 0) is 25.5 Å². The van der Waals surface area contributed by atoms with E-state index in [0.717, 1.165) is 24.7 Å². The number of rotatable bonds is 4. The van der Waals surface area contributed by atoms with Crippen LogP contribution in [0.1, 0.15) is 19.8 Å². The lowest BCUT2D eigenvalue weighted by atomic mass is 10.3. The van der Waals surface area contributed by atoms with E-state index in [1.807, 2.05) is 0 Å². The smallest absolute Gasteiger partial charge is 0.349 e. The highest BCUT2D eigenvalue weighted by molar-refractivity contribution is 7.99. The predicted molar refractivity (Wildman–Crippen MR) is 68.1 cm³/mol. The minimum atomic E-state index is -0.949. The van der Waals surface area contributed by atoms with Gasteiger partial charge in [0.15, 0.2) is 6.10 Å². The summed E-state index contributed by atoms with van der Waals surface area (Å²) in [6.07, 6.45) is 1.56. The lowest BCUT2D eigenvalue weighted by Crippen LogP contribution is -2.32. The summed E-state index contributed by atoms with van der Waals surface area (Å²) in [7, 11) is 0. The van der Waals surface area contributed by atoms with Gasteiger partial charge in [-0.25, -0.2) is 9.59 Å². The second kappa shape index (κ2) is 8.16. The average molecular weight is 274 g/mol. The molecule has 0 radical (unpaired) electrons. The number of ether oxygens (including phenoxy) is 3. The van der Waals surface area contributed by atoms with Crippen LogP contribution in [-0.4, -0.2) is 42.4 Å². The Kier molecular flexibility index (Phi) is 6.82. The Morgan fingerprint density at radius 2 is 2.28 bits per heavy atom. The molecule has 0 bridgehead atoms. The first-order valence-corrected chi connectivity index (χ1v) is 7.02. The normalized spacial score (nSPS) is 22.2. The zero-order valence-corrected chi connectivity index (χ0v) is 11.2. The lowest BCUT2D eigenvalue weighted by molar-refractivity contribution is -0.187. The number of carbonyl (C=O) groups is 2. The molecule has 102 valence electrons. The van der Waals surface area contributed by atoms with Crippen molar-refractivity contribution in [2.45, 2.75) is 32.2 Å². The Morgan fingerprint density at radius 1 is 1.50 bits per heavy atom. The van der Waals surface area contributed by atoms with Crippen LogP contribution in [0.15, 0.2) is 12.7 Å². The Bertz CT molecular complexity index is 297. The summed E-state index contributed by atoms with van der Waals surface area (Å²) < 4.78 is 15.3. The third-order valence-corrected chi connectivity index (χ3v) is 3.37. The first-order valence-electron chi connectivity index (χ1n) is 5.86. The number of carbonyl (C=O) groups excluding carboxylic acids is 2. The van der Waals surface area contributed by atoms with Crippen molar-refractivity contribution in [3.05, 3.63) is 12.7 Å². The van der Waals surface area contributed by atoms with Crippen LogP contribution in [0.2, 0.25) is 0 Å². The van der Waals surface area contributed by atoms with Gasteiger partial charge in [0.1, 0.15) is 0 Å². The first-order chi connectivity index (χ1) is 8.63. The Balaban J connectivity index is 2.36. The maximum Gasteiger partial charge on any atom is 0.349 e. The maximum absolute atomic E-state index is 11.6. The van der Waals surface area contributed by atoms with Gasteiger partial charge < -0.3 is 14.2 Å². The molecule has 18 heavy (non-hydrogen) atoms. The number of thioether (sulfide) groups is 1. The van der Waals surface area contributed by atoms with E-state index in [1.165, 1.54) is 6.92 Å².